The zero-order valence-electron chi connectivity index (χ0n) is 70.6. The molecule has 12 aromatic rings. The van der Waals surface area contributed by atoms with Crippen molar-refractivity contribution in [2.45, 2.75) is 213 Å². The molecule has 0 saturated heterocycles. The van der Waals surface area contributed by atoms with Crippen LogP contribution in [0.25, 0.3) is 77.0 Å². The molecular formula is C100H113BBrN5O10. The van der Waals surface area contributed by atoms with Gasteiger partial charge in [0.05, 0.1) is 43.4 Å². The van der Waals surface area contributed by atoms with Crippen molar-refractivity contribution >= 4 is 95.9 Å². The lowest BCUT2D eigenvalue weighted by atomic mass is 9.61. The molecule has 0 spiro atoms. The van der Waals surface area contributed by atoms with Crippen molar-refractivity contribution in [1.82, 2.24) is 25.4 Å². The van der Waals surface area contributed by atoms with Gasteiger partial charge in [0.1, 0.15) is 22.8 Å². The second kappa shape index (κ2) is 34.0. The van der Waals surface area contributed by atoms with Gasteiger partial charge in [-0.1, -0.05) is 249 Å². The van der Waals surface area contributed by atoms with E-state index in [1.165, 1.54) is 139 Å². The zero-order valence-corrected chi connectivity index (χ0v) is 72.2. The Bertz CT molecular complexity index is 5380. The monoisotopic (exact) mass is 1630 g/mol. The van der Waals surface area contributed by atoms with Gasteiger partial charge in [-0.25, -0.2) is 39.8 Å². The summed E-state index contributed by atoms with van der Waals surface area (Å²) in [6.45, 7) is 37.1. The predicted molar refractivity (Wildman–Crippen MR) is 478 cm³/mol. The molecule has 1 amide bonds. The minimum atomic E-state index is -1.37. The number of fused-ring (bicyclic) bond motifs is 8. The third-order valence-corrected chi connectivity index (χ3v) is 25.5. The van der Waals surface area contributed by atoms with Crippen molar-refractivity contribution in [2.75, 3.05) is 21.3 Å². The van der Waals surface area contributed by atoms with Gasteiger partial charge in [-0.3, -0.25) is 10.0 Å². The topological polar surface area (TPSA) is 220 Å². The van der Waals surface area contributed by atoms with Crippen LogP contribution >= 0.6 is 15.9 Å². The largest absolute Gasteiger partial charge is 0.488 e. The molecule has 16 rings (SSSR count). The molecule has 0 unspecified atom stereocenters. The molecular weight excluding hydrogens is 1520 g/mol. The maximum atomic E-state index is 11.7. The summed E-state index contributed by atoms with van der Waals surface area (Å²) >= 11 is 3.37. The molecule has 0 aliphatic heterocycles. The fraction of sp³-hybridized carbons (Fsp3) is 0.360. The van der Waals surface area contributed by atoms with E-state index in [-0.39, 0.29) is 56.4 Å². The van der Waals surface area contributed by atoms with Gasteiger partial charge in [-0.05, 0) is 257 Å². The van der Waals surface area contributed by atoms with E-state index in [0.29, 0.717) is 22.5 Å². The molecule has 0 bridgehead atoms. The fourth-order valence-corrected chi connectivity index (χ4v) is 17.3. The van der Waals surface area contributed by atoms with Gasteiger partial charge in [0.2, 0.25) is 0 Å². The molecule has 0 saturated carbocycles. The number of hydrogen-bond donors (Lipinski definition) is 4. The minimum absolute atomic E-state index is 0. The number of amides is 1. The number of halogens is 1. The van der Waals surface area contributed by atoms with E-state index in [4.69, 9.17) is 14.7 Å². The first-order valence-electron chi connectivity index (χ1n) is 40.0. The Balaban J connectivity index is 0.000000146. The summed E-state index contributed by atoms with van der Waals surface area (Å²) < 4.78 is 15.1. The number of esters is 3. The highest BCUT2D eigenvalue weighted by molar-refractivity contribution is 9.10. The highest BCUT2D eigenvalue weighted by atomic mass is 79.9. The number of aromatic nitrogens is 4. The first kappa shape index (κ1) is 87.5. The summed E-state index contributed by atoms with van der Waals surface area (Å²) in [5.41, 5.74) is 26.5. The molecule has 0 atom stereocenters. The number of ether oxygens (including phenoxy) is 3. The molecule has 4 aliphatic rings. The van der Waals surface area contributed by atoms with Gasteiger partial charge in [0, 0.05) is 26.0 Å². The summed E-state index contributed by atoms with van der Waals surface area (Å²) in [6, 6.07) is 65.0. The molecule has 15 nitrogen and oxygen atoms in total. The Morgan fingerprint density at radius 1 is 0.316 bits per heavy atom. The summed E-state index contributed by atoms with van der Waals surface area (Å²) in [6.07, 6.45) is 9.55. The molecule has 117 heavy (non-hydrogen) atoms. The van der Waals surface area contributed by atoms with Crippen LogP contribution in [0.4, 0.5) is 0 Å². The lowest BCUT2D eigenvalue weighted by molar-refractivity contribution is 0.0586. The highest BCUT2D eigenvalue weighted by Gasteiger charge is 2.41. The fourth-order valence-electron chi connectivity index (χ4n) is 16.9. The SMILES string of the molecule is C.CC1(C)CCC(C)(C)c2cc(-c3ccc4nc(C(=O)NO)ccc4c3)ccc21.CC1(C)CCC(C)(C)c2cc(B(O)O)ccc21.COC(=O)c1ccc2cc(-c3ccc4c(c3)C(C)(C)CCC4(C)C)ccc2n1.COC(=O)c1ccc2cc(-c3ccc4c(c3)C(C)(C)CCC4(C)C)ccc2n1.COC(=O)c1ccc2cc(Br)ccc2n1. The normalized spacial score (nSPS) is 16.7. The van der Waals surface area contributed by atoms with Gasteiger partial charge >= 0.3 is 25.0 Å². The van der Waals surface area contributed by atoms with Crippen LogP contribution in [-0.2, 0) is 57.5 Å². The third kappa shape index (κ3) is 18.8. The molecule has 4 aliphatic carbocycles. The second-order valence-electron chi connectivity index (χ2n) is 36.8. The number of nitrogens with zero attached hydrogens (tertiary/aromatic N) is 4. The van der Waals surface area contributed by atoms with Crippen LogP contribution < -0.4 is 10.9 Å². The number of nitrogens with one attached hydrogen (secondary N) is 1. The quantitative estimate of drug-likeness (QED) is 0.0366. The maximum Gasteiger partial charge on any atom is 0.488 e. The average molecular weight is 1640 g/mol. The van der Waals surface area contributed by atoms with Crippen molar-refractivity contribution in [3.05, 3.63) is 266 Å². The molecule has 608 valence electrons. The van der Waals surface area contributed by atoms with Gasteiger partial charge < -0.3 is 24.3 Å². The Morgan fingerprint density at radius 2 is 0.556 bits per heavy atom. The zero-order chi connectivity index (χ0) is 84.0. The third-order valence-electron chi connectivity index (χ3n) is 25.0. The first-order valence-corrected chi connectivity index (χ1v) is 40.8. The smallest absolute Gasteiger partial charge is 0.464 e. The molecule has 4 aromatic heterocycles. The molecule has 0 radical (unpaired) electrons. The van der Waals surface area contributed by atoms with Crippen molar-refractivity contribution < 1.29 is 48.6 Å². The number of carbonyl (C=O) groups is 4. The van der Waals surface area contributed by atoms with Crippen molar-refractivity contribution in [1.29, 1.82) is 0 Å². The Morgan fingerprint density at radius 3 is 0.846 bits per heavy atom. The maximum absolute atomic E-state index is 11.7. The number of carbonyl (C=O) groups excluding carboxylic acids is 4. The molecule has 8 aromatic carbocycles. The van der Waals surface area contributed by atoms with E-state index in [9.17, 15) is 29.2 Å². The van der Waals surface area contributed by atoms with Gasteiger partial charge in [-0.2, -0.15) is 0 Å². The van der Waals surface area contributed by atoms with Crippen LogP contribution in [0.2, 0.25) is 0 Å². The van der Waals surface area contributed by atoms with E-state index in [1.807, 2.05) is 78.9 Å². The number of benzene rings is 8. The van der Waals surface area contributed by atoms with Gasteiger partial charge in [0.15, 0.2) is 0 Å². The molecule has 4 heterocycles. The second-order valence-corrected chi connectivity index (χ2v) is 37.7. The Labute approximate surface area is 699 Å². The number of methoxy groups -OCH3 is 3. The number of pyridine rings is 4. The Kier molecular flexibility index (Phi) is 25.4. The van der Waals surface area contributed by atoms with E-state index >= 15 is 0 Å². The van der Waals surface area contributed by atoms with E-state index < -0.39 is 30.9 Å². The summed E-state index contributed by atoms with van der Waals surface area (Å²) in [7, 11) is 2.71. The summed E-state index contributed by atoms with van der Waals surface area (Å²) in [5.74, 6) is -1.85. The van der Waals surface area contributed by atoms with Crippen molar-refractivity contribution in [2.24, 2.45) is 0 Å². The Hall–Kier alpha value is -10.3. The standard InChI is InChI=1S/2C25H27NO2.C24H26N2O2.C14H21BO2.C11H8BrNO2.CH4/c2*1-24(2)12-13-25(3,4)20-15-17(6-9-19(20)24)16-7-10-21-18(14-16)8-11-22(26-21)23(27)28-5;1-23(2)11-12-24(3,4)19-14-16(5-8-18(19)23)15-6-9-20-17(13-15)7-10-21(25-20)22(27)26-28;1-13(2)7-8-14(3,4)12-9-10(15(16)17)5-6-11(12)13;1-15-11(14)10-4-2-7-6-8(12)3-5-9(7)13-10;/h2*6-11,14-15H,12-13H2,1-5H3;5-10,13-14,28H,11-12H2,1-4H3,(H,26,27);5-6,9,16-17H,7-8H2,1-4H3;2-6H,1H3;1H4. The average Bonchev–Trinajstić information content (AvgIpc) is 0.766. The first-order chi connectivity index (χ1) is 54.6. The number of hydroxylamine groups is 1. The van der Waals surface area contributed by atoms with Crippen molar-refractivity contribution in [3.8, 4) is 33.4 Å². The van der Waals surface area contributed by atoms with Crippen LogP contribution in [-0.4, -0.2) is 87.5 Å². The van der Waals surface area contributed by atoms with Crippen LogP contribution in [0, 0.1) is 0 Å². The summed E-state index contributed by atoms with van der Waals surface area (Å²) in [4.78, 5) is 63.6. The van der Waals surface area contributed by atoms with E-state index in [2.05, 4.69) is 242 Å². The lowest BCUT2D eigenvalue weighted by Gasteiger charge is -2.42. The highest BCUT2D eigenvalue weighted by Crippen LogP contribution is 2.51. The number of rotatable bonds is 8. The number of hydrogen-bond acceptors (Lipinski definition) is 14. The van der Waals surface area contributed by atoms with Gasteiger partial charge in [-0.15, -0.1) is 0 Å². The van der Waals surface area contributed by atoms with Crippen LogP contribution in [0.15, 0.2) is 199 Å². The minimum Gasteiger partial charge on any atom is -0.464 e. The lowest BCUT2D eigenvalue weighted by Crippen LogP contribution is -2.37. The van der Waals surface area contributed by atoms with E-state index in [1.54, 1.807) is 29.7 Å². The van der Waals surface area contributed by atoms with E-state index in [0.717, 1.165) is 60.1 Å². The molecule has 17 heteroatoms. The van der Waals surface area contributed by atoms with Gasteiger partial charge in [0.25, 0.3) is 5.91 Å². The van der Waals surface area contributed by atoms with Crippen LogP contribution in [0.5, 0.6) is 0 Å². The summed E-state index contributed by atoms with van der Waals surface area (Å²) in [5, 5.41) is 31.3. The molecule has 0 fully saturated rings. The van der Waals surface area contributed by atoms with Crippen molar-refractivity contribution in [3.63, 3.8) is 0 Å². The predicted octanol–water partition coefficient (Wildman–Crippen LogP) is 22.6. The van der Waals surface area contributed by atoms with Crippen LogP contribution in [0.1, 0.15) is 256 Å². The van der Waals surface area contributed by atoms with Crippen LogP contribution in [0.3, 0.4) is 0 Å². The molecule has 4 N–H and O–H groups in total.